The van der Waals surface area contributed by atoms with Gasteiger partial charge in [-0.15, -0.1) is 0 Å². The number of hydrogen-bond acceptors (Lipinski definition) is 8. The summed E-state index contributed by atoms with van der Waals surface area (Å²) in [7, 11) is -3.11. The molecule has 0 fully saturated rings. The SMILES string of the molecule is COc1ccccc1OCC(O)COC(=O)NCS(=O)(=O)[O-].[Na+]. The van der Waals surface area contributed by atoms with Gasteiger partial charge in [-0.05, 0) is 12.1 Å². The van der Waals surface area contributed by atoms with Crippen LogP contribution in [0.2, 0.25) is 0 Å². The van der Waals surface area contributed by atoms with E-state index in [2.05, 4.69) is 4.74 Å². The third-order valence-corrected chi connectivity index (χ3v) is 2.80. The van der Waals surface area contributed by atoms with Gasteiger partial charge in [0.05, 0.1) is 7.11 Å². The molecule has 9 nitrogen and oxygen atoms in total. The van der Waals surface area contributed by atoms with Gasteiger partial charge in [0.1, 0.15) is 35.3 Å². The van der Waals surface area contributed by atoms with Crippen molar-refractivity contribution in [3.8, 4) is 11.5 Å². The molecule has 1 unspecified atom stereocenters. The van der Waals surface area contributed by atoms with Crippen molar-refractivity contribution < 1.29 is 66.6 Å². The zero-order chi connectivity index (χ0) is 16.6. The van der Waals surface area contributed by atoms with Gasteiger partial charge in [0, 0.05) is 0 Å². The number of aliphatic hydroxyl groups is 1. The summed E-state index contributed by atoms with van der Waals surface area (Å²) in [5.74, 6) is -0.195. The molecule has 0 saturated carbocycles. The van der Waals surface area contributed by atoms with E-state index >= 15 is 0 Å². The van der Waals surface area contributed by atoms with Crippen LogP contribution in [0.4, 0.5) is 4.79 Å². The molecule has 1 amide bonds. The Kier molecular flexibility index (Phi) is 10.2. The Labute approximate surface area is 156 Å². The molecule has 1 aromatic rings. The first-order valence-electron chi connectivity index (χ1n) is 6.10. The van der Waals surface area contributed by atoms with E-state index in [4.69, 9.17) is 9.47 Å². The molecule has 0 spiro atoms. The first-order chi connectivity index (χ1) is 10.3. The van der Waals surface area contributed by atoms with Gasteiger partial charge in [-0.2, -0.15) is 0 Å². The van der Waals surface area contributed by atoms with Crippen LogP contribution >= 0.6 is 0 Å². The molecule has 1 atom stereocenters. The number of rotatable bonds is 8. The fourth-order valence-corrected chi connectivity index (χ4v) is 1.64. The predicted molar refractivity (Wildman–Crippen MR) is 73.5 cm³/mol. The maximum atomic E-state index is 11.1. The first-order valence-corrected chi connectivity index (χ1v) is 7.67. The summed E-state index contributed by atoms with van der Waals surface area (Å²) in [5.41, 5.74) is 0. The molecule has 23 heavy (non-hydrogen) atoms. The number of methoxy groups -OCH3 is 1. The third-order valence-electron chi connectivity index (χ3n) is 2.30. The number of nitrogens with one attached hydrogen (secondary N) is 1. The number of ether oxygens (including phenoxy) is 3. The van der Waals surface area contributed by atoms with Crippen LogP contribution in [-0.2, 0) is 14.9 Å². The molecule has 0 aromatic heterocycles. The second-order valence-corrected chi connectivity index (χ2v) is 5.50. The average molecular weight is 357 g/mol. The quantitative estimate of drug-likeness (QED) is 0.364. The van der Waals surface area contributed by atoms with Gasteiger partial charge >= 0.3 is 35.7 Å². The van der Waals surface area contributed by atoms with Gasteiger partial charge in [-0.3, -0.25) is 0 Å². The number of hydrogen-bond donors (Lipinski definition) is 2. The van der Waals surface area contributed by atoms with Crippen LogP contribution < -0.4 is 44.3 Å². The maximum absolute atomic E-state index is 11.1. The predicted octanol–water partition coefficient (Wildman–Crippen LogP) is -3.33. The normalized spacial score (nSPS) is 11.8. The molecule has 1 aromatic carbocycles. The molecule has 0 saturated heterocycles. The van der Waals surface area contributed by atoms with Gasteiger partial charge in [-0.1, -0.05) is 12.1 Å². The van der Waals surface area contributed by atoms with Crippen molar-refractivity contribution in [2.75, 3.05) is 26.2 Å². The van der Waals surface area contributed by atoms with Gasteiger partial charge in [0.2, 0.25) is 0 Å². The Morgan fingerprint density at radius 3 is 2.48 bits per heavy atom. The zero-order valence-electron chi connectivity index (χ0n) is 12.7. The second kappa shape index (κ2) is 10.7. The van der Waals surface area contributed by atoms with Gasteiger partial charge in [0.15, 0.2) is 11.5 Å². The van der Waals surface area contributed by atoms with E-state index in [-0.39, 0.29) is 36.2 Å². The maximum Gasteiger partial charge on any atom is 1.00 e. The summed E-state index contributed by atoms with van der Waals surface area (Å²) in [4.78, 5) is 11.1. The van der Waals surface area contributed by atoms with Gasteiger partial charge in [-0.25, -0.2) is 13.2 Å². The van der Waals surface area contributed by atoms with E-state index in [0.717, 1.165) is 0 Å². The molecule has 0 aliphatic rings. The first kappa shape index (κ1) is 22.0. The van der Waals surface area contributed by atoms with Crippen molar-refractivity contribution in [3.63, 3.8) is 0 Å². The van der Waals surface area contributed by atoms with E-state index in [1.807, 2.05) is 0 Å². The molecule has 0 aliphatic carbocycles. The molecule has 11 heteroatoms. The molecule has 2 N–H and O–H groups in total. The second-order valence-electron chi connectivity index (χ2n) is 4.09. The topological polar surface area (TPSA) is 134 Å². The van der Waals surface area contributed by atoms with Crippen molar-refractivity contribution in [3.05, 3.63) is 24.3 Å². The van der Waals surface area contributed by atoms with E-state index in [1.165, 1.54) is 7.11 Å². The van der Waals surface area contributed by atoms with Crippen molar-refractivity contribution in [2.45, 2.75) is 6.10 Å². The summed E-state index contributed by atoms with van der Waals surface area (Å²) in [6.45, 7) is -0.604. The fraction of sp³-hybridized carbons (Fsp3) is 0.417. The summed E-state index contributed by atoms with van der Waals surface area (Å²) in [6, 6.07) is 6.78. The van der Waals surface area contributed by atoms with Gasteiger partial charge in [0.25, 0.3) is 0 Å². The van der Waals surface area contributed by atoms with Crippen molar-refractivity contribution in [1.82, 2.24) is 5.32 Å². The molecule has 124 valence electrons. The number of para-hydroxylation sites is 2. The van der Waals surface area contributed by atoms with E-state index in [9.17, 15) is 22.9 Å². The minimum Gasteiger partial charge on any atom is -0.747 e. The number of alkyl carbamates (subject to hydrolysis) is 1. The summed E-state index contributed by atoms with van der Waals surface area (Å²) in [6.07, 6.45) is -2.27. The fourth-order valence-electron chi connectivity index (χ4n) is 1.34. The van der Waals surface area contributed by atoms with E-state index in [0.29, 0.717) is 11.5 Å². The smallest absolute Gasteiger partial charge is 0.747 e. The molecule has 0 bridgehead atoms. The van der Waals surface area contributed by atoms with Crippen molar-refractivity contribution >= 4 is 16.2 Å². The summed E-state index contributed by atoms with van der Waals surface area (Å²) >= 11 is 0. The molecule has 1 rings (SSSR count). The Balaban J connectivity index is 0.00000484. The van der Waals surface area contributed by atoms with Crippen LogP contribution in [0.15, 0.2) is 24.3 Å². The summed E-state index contributed by atoms with van der Waals surface area (Å²) < 4.78 is 45.7. The third kappa shape index (κ3) is 9.64. The zero-order valence-corrected chi connectivity index (χ0v) is 15.5. The van der Waals surface area contributed by atoms with E-state index < -0.39 is 34.8 Å². The largest absolute Gasteiger partial charge is 1.00 e. The van der Waals surface area contributed by atoms with Crippen LogP contribution in [0.5, 0.6) is 11.5 Å². The minimum absolute atomic E-state index is 0. The number of carbonyl (C=O) groups excluding carboxylic acids is 1. The molecule has 0 heterocycles. The monoisotopic (exact) mass is 357 g/mol. The average Bonchev–Trinajstić information content (AvgIpc) is 2.48. The number of benzene rings is 1. The van der Waals surface area contributed by atoms with Crippen LogP contribution in [0, 0.1) is 0 Å². The minimum atomic E-state index is -4.57. The Morgan fingerprint density at radius 2 is 1.91 bits per heavy atom. The molecule has 0 aliphatic heterocycles. The Hall–Kier alpha value is -1.04. The molecular weight excluding hydrogens is 341 g/mol. The molecular formula is C12H16NNaO8S. The van der Waals surface area contributed by atoms with Gasteiger partial charge < -0.3 is 29.2 Å². The Bertz CT molecular complexity index is 594. The van der Waals surface area contributed by atoms with Crippen LogP contribution in [0.1, 0.15) is 0 Å². The van der Waals surface area contributed by atoms with Crippen LogP contribution in [0.25, 0.3) is 0 Å². The number of carbonyl (C=O) groups is 1. The van der Waals surface area contributed by atoms with Crippen molar-refractivity contribution in [1.29, 1.82) is 0 Å². The molecule has 0 radical (unpaired) electrons. The Morgan fingerprint density at radius 1 is 1.30 bits per heavy atom. The number of amides is 1. The van der Waals surface area contributed by atoms with Crippen LogP contribution in [0.3, 0.4) is 0 Å². The van der Waals surface area contributed by atoms with E-state index in [1.54, 1.807) is 29.6 Å². The summed E-state index contributed by atoms with van der Waals surface area (Å²) in [5, 5.41) is 11.3. The van der Waals surface area contributed by atoms with Crippen LogP contribution in [-0.4, -0.2) is 56.5 Å². The number of aliphatic hydroxyl groups excluding tert-OH is 1. The van der Waals surface area contributed by atoms with Crippen molar-refractivity contribution in [2.24, 2.45) is 0 Å². The standard InChI is InChI=1S/C12H17NO8S.Na/c1-19-10-4-2-3-5-11(10)20-6-9(14)7-21-12(15)13-8-22(16,17)18;/h2-5,9,14H,6-8H2,1H3,(H,13,15)(H,16,17,18);/q;+1/p-1.